The van der Waals surface area contributed by atoms with Gasteiger partial charge in [-0.2, -0.15) is 0 Å². The molecule has 1 saturated carbocycles. The van der Waals surface area contributed by atoms with E-state index in [1.165, 1.54) is 0 Å². The first-order valence-corrected chi connectivity index (χ1v) is 9.55. The minimum Gasteiger partial charge on any atom is -0.336 e. The fourth-order valence-corrected chi connectivity index (χ4v) is 3.61. The maximum atomic E-state index is 13.0. The topological polar surface area (TPSA) is 74.3 Å². The lowest BCUT2D eigenvalue weighted by Gasteiger charge is -2.15. The molecule has 5 rings (SSSR count). The van der Waals surface area contributed by atoms with E-state index in [-0.39, 0.29) is 11.9 Å². The summed E-state index contributed by atoms with van der Waals surface area (Å²) in [5.74, 6) is 0.328. The summed E-state index contributed by atoms with van der Waals surface area (Å²) in [4.78, 5) is 31.2. The van der Waals surface area contributed by atoms with Gasteiger partial charge in [-0.05, 0) is 49.2 Å². The zero-order valence-electron chi connectivity index (χ0n) is 15.3. The number of rotatable bonds is 4. The van der Waals surface area contributed by atoms with E-state index in [0.29, 0.717) is 30.3 Å². The molecule has 6 heteroatoms. The van der Waals surface area contributed by atoms with Crippen molar-refractivity contribution < 1.29 is 9.59 Å². The zero-order valence-corrected chi connectivity index (χ0v) is 15.3. The molecule has 2 fully saturated rings. The molecule has 1 aromatic heterocycles. The number of nitrogens with one attached hydrogen (secondary N) is 2. The lowest BCUT2D eigenvalue weighted by atomic mass is 10.1. The molecule has 28 heavy (non-hydrogen) atoms. The smallest absolute Gasteiger partial charge is 0.321 e. The predicted octanol–water partition coefficient (Wildman–Crippen LogP) is 3.89. The van der Waals surface area contributed by atoms with Crippen LogP contribution in [0.15, 0.2) is 54.6 Å². The summed E-state index contributed by atoms with van der Waals surface area (Å²) in [6.45, 7) is 1.30. The van der Waals surface area contributed by atoms with Crippen LogP contribution in [0, 0.1) is 0 Å². The van der Waals surface area contributed by atoms with Crippen LogP contribution in [-0.2, 0) is 0 Å². The largest absolute Gasteiger partial charge is 0.336 e. The number of anilines is 2. The van der Waals surface area contributed by atoms with Crippen LogP contribution in [0.4, 0.5) is 16.2 Å². The molecular weight excluding hydrogens is 352 g/mol. The van der Waals surface area contributed by atoms with Crippen LogP contribution in [-0.4, -0.2) is 30.0 Å². The van der Waals surface area contributed by atoms with E-state index in [9.17, 15) is 9.59 Å². The normalized spacial score (nSPS) is 16.3. The Balaban J connectivity index is 1.42. The summed E-state index contributed by atoms with van der Waals surface area (Å²) < 4.78 is 0. The van der Waals surface area contributed by atoms with Crippen LogP contribution in [0.2, 0.25) is 0 Å². The standard InChI is InChI=1S/C22H20N4O2/c27-21(24-15-7-9-16(10-8-15)26-12-11-23-22(26)28)18-13-20(14-5-6-14)25-19-4-2-1-3-17(18)19/h1-4,7-10,13-14H,5-6,11-12H2,(H,23,28)(H,24,27). The highest BCUT2D eigenvalue weighted by Gasteiger charge is 2.27. The zero-order chi connectivity index (χ0) is 19.1. The molecule has 2 heterocycles. The number of para-hydroxylation sites is 1. The van der Waals surface area contributed by atoms with Crippen LogP contribution < -0.4 is 15.5 Å². The second kappa shape index (κ2) is 6.64. The molecule has 6 nitrogen and oxygen atoms in total. The van der Waals surface area contributed by atoms with Crippen molar-refractivity contribution in [3.63, 3.8) is 0 Å². The van der Waals surface area contributed by atoms with Gasteiger partial charge < -0.3 is 10.6 Å². The third kappa shape index (κ3) is 3.07. The highest BCUT2D eigenvalue weighted by atomic mass is 16.2. The number of fused-ring (bicyclic) bond motifs is 1. The molecular formula is C22H20N4O2. The molecule has 0 spiro atoms. The molecule has 1 aliphatic carbocycles. The second-order valence-electron chi connectivity index (χ2n) is 7.27. The van der Waals surface area contributed by atoms with Crippen molar-refractivity contribution in [3.8, 4) is 0 Å². The number of hydrogen-bond donors (Lipinski definition) is 2. The first kappa shape index (κ1) is 16.7. The van der Waals surface area contributed by atoms with Crippen molar-refractivity contribution in [1.82, 2.24) is 10.3 Å². The highest BCUT2D eigenvalue weighted by molar-refractivity contribution is 6.12. The van der Waals surface area contributed by atoms with Crippen LogP contribution in [0.25, 0.3) is 10.9 Å². The number of urea groups is 1. The number of hydrogen-bond acceptors (Lipinski definition) is 3. The van der Waals surface area contributed by atoms with Crippen molar-refractivity contribution in [2.45, 2.75) is 18.8 Å². The van der Waals surface area contributed by atoms with Crippen LogP contribution in [0.3, 0.4) is 0 Å². The number of pyridine rings is 1. The summed E-state index contributed by atoms with van der Waals surface area (Å²) >= 11 is 0. The molecule has 0 bridgehead atoms. The van der Waals surface area contributed by atoms with Gasteiger partial charge in [-0.25, -0.2) is 4.79 Å². The third-order valence-corrected chi connectivity index (χ3v) is 5.27. The van der Waals surface area contributed by atoms with Gasteiger partial charge in [0, 0.05) is 41.5 Å². The summed E-state index contributed by atoms with van der Waals surface area (Å²) in [5, 5.41) is 6.62. The molecule has 140 valence electrons. The number of amides is 3. The van der Waals surface area contributed by atoms with Gasteiger partial charge in [0.2, 0.25) is 0 Å². The van der Waals surface area contributed by atoms with Gasteiger partial charge in [-0.3, -0.25) is 14.7 Å². The molecule has 1 saturated heterocycles. The molecule has 0 unspecified atom stereocenters. The maximum Gasteiger partial charge on any atom is 0.321 e. The Kier molecular flexibility index (Phi) is 3.97. The monoisotopic (exact) mass is 372 g/mol. The molecule has 2 aliphatic rings. The fraction of sp³-hybridized carbons (Fsp3) is 0.227. The number of carbonyl (C=O) groups is 2. The number of nitrogens with zero attached hydrogens (tertiary/aromatic N) is 2. The number of carbonyl (C=O) groups excluding carboxylic acids is 2. The Morgan fingerprint density at radius 1 is 1.11 bits per heavy atom. The average molecular weight is 372 g/mol. The van der Waals surface area contributed by atoms with Gasteiger partial charge in [0.15, 0.2) is 0 Å². The second-order valence-corrected chi connectivity index (χ2v) is 7.27. The van der Waals surface area contributed by atoms with Crippen LogP contribution in [0.5, 0.6) is 0 Å². The van der Waals surface area contributed by atoms with Crippen molar-refractivity contribution in [1.29, 1.82) is 0 Å². The van der Waals surface area contributed by atoms with E-state index >= 15 is 0 Å². The average Bonchev–Trinajstić information content (AvgIpc) is 3.49. The molecule has 0 radical (unpaired) electrons. The summed E-state index contributed by atoms with van der Waals surface area (Å²) in [6.07, 6.45) is 2.27. The summed E-state index contributed by atoms with van der Waals surface area (Å²) in [6, 6.07) is 16.9. The molecule has 3 aromatic rings. The SMILES string of the molecule is O=C(Nc1ccc(N2CCNC2=O)cc1)c1cc(C2CC2)nc2ccccc12. The lowest BCUT2D eigenvalue weighted by molar-refractivity contribution is 0.102. The van der Waals surface area contributed by atoms with E-state index in [1.54, 1.807) is 4.90 Å². The van der Waals surface area contributed by atoms with E-state index in [2.05, 4.69) is 10.6 Å². The molecule has 1 aliphatic heterocycles. The Morgan fingerprint density at radius 3 is 2.61 bits per heavy atom. The Hall–Kier alpha value is -3.41. The minimum absolute atomic E-state index is 0.0901. The van der Waals surface area contributed by atoms with Crippen LogP contribution in [0.1, 0.15) is 34.8 Å². The Bertz CT molecular complexity index is 1070. The maximum absolute atomic E-state index is 13.0. The number of benzene rings is 2. The first-order chi connectivity index (χ1) is 13.7. The Labute approximate surface area is 162 Å². The van der Waals surface area contributed by atoms with E-state index in [4.69, 9.17) is 4.98 Å². The molecule has 0 atom stereocenters. The van der Waals surface area contributed by atoms with E-state index < -0.39 is 0 Å². The van der Waals surface area contributed by atoms with Gasteiger partial charge in [0.05, 0.1) is 11.1 Å². The van der Waals surface area contributed by atoms with Gasteiger partial charge >= 0.3 is 6.03 Å². The fourth-order valence-electron chi connectivity index (χ4n) is 3.61. The third-order valence-electron chi connectivity index (χ3n) is 5.27. The lowest BCUT2D eigenvalue weighted by Crippen LogP contribution is -2.27. The molecule has 2 aromatic carbocycles. The minimum atomic E-state index is -0.146. The summed E-state index contributed by atoms with van der Waals surface area (Å²) in [5.41, 5.74) is 4.02. The van der Waals surface area contributed by atoms with Crippen molar-refractivity contribution in [3.05, 3.63) is 65.9 Å². The Morgan fingerprint density at radius 2 is 1.89 bits per heavy atom. The van der Waals surface area contributed by atoms with Gasteiger partial charge in [0.25, 0.3) is 5.91 Å². The van der Waals surface area contributed by atoms with Crippen molar-refractivity contribution in [2.24, 2.45) is 0 Å². The van der Waals surface area contributed by atoms with Crippen molar-refractivity contribution in [2.75, 3.05) is 23.3 Å². The van der Waals surface area contributed by atoms with Gasteiger partial charge in [0.1, 0.15) is 0 Å². The predicted molar refractivity (Wildman–Crippen MR) is 109 cm³/mol. The van der Waals surface area contributed by atoms with Crippen LogP contribution >= 0.6 is 0 Å². The highest BCUT2D eigenvalue weighted by Crippen LogP contribution is 2.40. The quantitative estimate of drug-likeness (QED) is 0.729. The van der Waals surface area contributed by atoms with E-state index in [1.807, 2.05) is 54.6 Å². The van der Waals surface area contributed by atoms with Crippen molar-refractivity contribution >= 4 is 34.2 Å². The summed E-state index contributed by atoms with van der Waals surface area (Å²) in [7, 11) is 0. The molecule has 2 N–H and O–H groups in total. The first-order valence-electron chi connectivity index (χ1n) is 9.55. The van der Waals surface area contributed by atoms with Gasteiger partial charge in [-0.1, -0.05) is 18.2 Å². The van der Waals surface area contributed by atoms with E-state index in [0.717, 1.165) is 35.1 Å². The molecule has 3 amide bonds. The van der Waals surface area contributed by atoms with Gasteiger partial charge in [-0.15, -0.1) is 0 Å². The number of aromatic nitrogens is 1.